The van der Waals surface area contributed by atoms with Gasteiger partial charge in [-0.05, 0) is 62.1 Å². The van der Waals surface area contributed by atoms with E-state index in [1.807, 2.05) is 11.8 Å². The summed E-state index contributed by atoms with van der Waals surface area (Å²) in [6.07, 6.45) is 5.21. The van der Waals surface area contributed by atoms with Crippen molar-refractivity contribution in [1.29, 1.82) is 0 Å². The van der Waals surface area contributed by atoms with Crippen molar-refractivity contribution < 1.29 is 9.47 Å². The predicted molar refractivity (Wildman–Crippen MR) is 134 cm³/mol. The normalized spacial score (nSPS) is 31.4. The lowest BCUT2D eigenvalue weighted by molar-refractivity contribution is 0.116. The molecule has 166 valence electrons. The fourth-order valence-electron chi connectivity index (χ4n) is 3.99. The second-order valence-electron chi connectivity index (χ2n) is 8.07. The van der Waals surface area contributed by atoms with Crippen molar-refractivity contribution in [3.05, 3.63) is 29.8 Å². The second-order valence-corrected chi connectivity index (χ2v) is 12.4. The molecule has 2 heterocycles. The van der Waals surface area contributed by atoms with E-state index in [0.29, 0.717) is 5.44 Å². The van der Waals surface area contributed by atoms with Gasteiger partial charge in [0.15, 0.2) is 0 Å². The molecule has 0 N–H and O–H groups in total. The number of thioether (sulfide) groups is 3. The van der Waals surface area contributed by atoms with Crippen LogP contribution in [0.2, 0.25) is 0 Å². The molecule has 0 spiro atoms. The number of hydrogen-bond donors (Lipinski definition) is 0. The summed E-state index contributed by atoms with van der Waals surface area (Å²) in [5, 5.41) is 1.71. The zero-order chi connectivity index (χ0) is 21.2. The molecule has 1 aromatic carbocycles. The second kappa shape index (κ2) is 13.4. The van der Waals surface area contributed by atoms with Crippen LogP contribution in [-0.4, -0.2) is 34.2 Å². The monoisotopic (exact) mass is 456 g/mol. The topological polar surface area (TPSA) is 18.5 Å². The molecule has 0 aromatic heterocycles. The highest BCUT2D eigenvalue weighted by atomic mass is 32.2. The van der Waals surface area contributed by atoms with Gasteiger partial charge in [0.2, 0.25) is 0 Å². The molecule has 0 aliphatic carbocycles. The maximum absolute atomic E-state index is 5.57. The Hall–Kier alpha value is 0.0300. The van der Waals surface area contributed by atoms with Crippen LogP contribution in [0.25, 0.3) is 0 Å². The van der Waals surface area contributed by atoms with Crippen LogP contribution in [0.3, 0.4) is 0 Å². The maximum Gasteiger partial charge on any atom is 0.118 e. The number of benzene rings is 1. The first-order valence-electron chi connectivity index (χ1n) is 11.2. The lowest BCUT2D eigenvalue weighted by Crippen LogP contribution is -2.05. The van der Waals surface area contributed by atoms with Gasteiger partial charge in [-0.25, -0.2) is 0 Å². The zero-order valence-corrected chi connectivity index (χ0v) is 21.5. The summed E-state index contributed by atoms with van der Waals surface area (Å²) in [4.78, 5) is 0. The van der Waals surface area contributed by atoms with E-state index in [4.69, 9.17) is 9.47 Å². The summed E-state index contributed by atoms with van der Waals surface area (Å²) in [6, 6.07) is 8.45. The minimum Gasteiger partial charge on any atom is -0.497 e. The van der Waals surface area contributed by atoms with Gasteiger partial charge in [-0.15, -0.1) is 35.3 Å². The zero-order valence-electron chi connectivity index (χ0n) is 19.1. The van der Waals surface area contributed by atoms with Crippen LogP contribution in [0.4, 0.5) is 0 Å². The fourth-order valence-corrected chi connectivity index (χ4v) is 8.91. The van der Waals surface area contributed by atoms with Gasteiger partial charge in [0.25, 0.3) is 0 Å². The molecule has 6 atom stereocenters. The predicted octanol–water partition coefficient (Wildman–Crippen LogP) is 7.71. The molecule has 2 aliphatic rings. The number of rotatable bonds is 8. The Morgan fingerprint density at radius 1 is 0.931 bits per heavy atom. The van der Waals surface area contributed by atoms with Crippen molar-refractivity contribution in [3.8, 4) is 5.75 Å². The van der Waals surface area contributed by atoms with Crippen LogP contribution in [0.15, 0.2) is 24.3 Å². The summed E-state index contributed by atoms with van der Waals surface area (Å²) >= 11 is 6.30. The first-order chi connectivity index (χ1) is 14.0. The first kappa shape index (κ1) is 25.3. The average Bonchev–Trinajstić information content (AvgIpc) is 3.28. The molecule has 2 aliphatic heterocycles. The molecule has 3 rings (SSSR count). The number of hydrogen-bond acceptors (Lipinski definition) is 5. The van der Waals surface area contributed by atoms with Gasteiger partial charge in [-0.2, -0.15) is 0 Å². The third-order valence-corrected chi connectivity index (χ3v) is 11.0. The van der Waals surface area contributed by atoms with Gasteiger partial charge in [0.05, 0.1) is 11.7 Å². The molecule has 2 nitrogen and oxygen atoms in total. The summed E-state index contributed by atoms with van der Waals surface area (Å²) in [6.45, 7) is 12.2. The minimum absolute atomic E-state index is 0.486. The Balaban J connectivity index is 0.000000234. The van der Waals surface area contributed by atoms with E-state index in [9.17, 15) is 0 Å². The standard InChI is InChI=1S/C15H22OS2.C9H18OS/c1-4-14-11(2)9-15(18-14)17-10-12-5-7-13(16-3)8-6-12;1-4-8-7(3)6-9(11-8)10-5-2/h5-8,11,14-15H,4,9-10H2,1-3H3;7-9H,4-6H2,1-3H3/t11-,14+,15?;7-,8+,9?/m00/s1. The highest BCUT2D eigenvalue weighted by Crippen LogP contribution is 2.45. The maximum atomic E-state index is 5.57. The summed E-state index contributed by atoms with van der Waals surface area (Å²) in [7, 11) is 1.71. The molecule has 0 radical (unpaired) electrons. The third-order valence-electron chi connectivity index (χ3n) is 5.80. The van der Waals surface area contributed by atoms with Crippen molar-refractivity contribution >= 4 is 35.3 Å². The van der Waals surface area contributed by atoms with E-state index in [2.05, 4.69) is 82.4 Å². The van der Waals surface area contributed by atoms with Crippen LogP contribution >= 0.6 is 35.3 Å². The van der Waals surface area contributed by atoms with Crippen LogP contribution in [0.5, 0.6) is 5.75 Å². The molecule has 0 bridgehead atoms. The van der Waals surface area contributed by atoms with E-state index < -0.39 is 0 Å². The Morgan fingerprint density at radius 3 is 2.07 bits per heavy atom. The number of ether oxygens (including phenoxy) is 2. The molecule has 5 heteroatoms. The van der Waals surface area contributed by atoms with Crippen LogP contribution < -0.4 is 4.74 Å². The molecule has 2 unspecified atom stereocenters. The van der Waals surface area contributed by atoms with Gasteiger partial charge in [0.1, 0.15) is 11.2 Å². The van der Waals surface area contributed by atoms with Crippen LogP contribution in [0, 0.1) is 11.8 Å². The van der Waals surface area contributed by atoms with Crippen molar-refractivity contribution in [2.24, 2.45) is 11.8 Å². The quantitative estimate of drug-likeness (QED) is 0.397. The largest absolute Gasteiger partial charge is 0.497 e. The van der Waals surface area contributed by atoms with Gasteiger partial charge in [0, 0.05) is 22.9 Å². The van der Waals surface area contributed by atoms with Crippen molar-refractivity contribution in [2.75, 3.05) is 13.7 Å². The van der Waals surface area contributed by atoms with Crippen LogP contribution in [-0.2, 0) is 10.5 Å². The number of methoxy groups -OCH3 is 1. The highest BCUT2D eigenvalue weighted by Gasteiger charge is 2.31. The van der Waals surface area contributed by atoms with E-state index in [0.717, 1.165) is 45.0 Å². The van der Waals surface area contributed by atoms with E-state index in [1.54, 1.807) is 7.11 Å². The molecule has 0 amide bonds. The third kappa shape index (κ3) is 8.23. The lowest BCUT2D eigenvalue weighted by Gasteiger charge is -2.10. The highest BCUT2D eigenvalue weighted by molar-refractivity contribution is 8.17. The minimum atomic E-state index is 0.486. The smallest absolute Gasteiger partial charge is 0.118 e. The van der Waals surface area contributed by atoms with Crippen LogP contribution in [0.1, 0.15) is 65.9 Å². The first-order valence-corrected chi connectivity index (χ1v) is 14.1. The Bertz CT molecular complexity index is 566. The van der Waals surface area contributed by atoms with Gasteiger partial charge >= 0.3 is 0 Å². The SMILES string of the molecule is CCOC1C[C@H](C)[C@@H](CC)S1.CC[C@H]1SC(SCc2ccc(OC)cc2)C[C@@H]1C. The van der Waals surface area contributed by atoms with Gasteiger partial charge in [-0.1, -0.05) is 39.8 Å². The van der Waals surface area contributed by atoms with E-state index >= 15 is 0 Å². The molecule has 29 heavy (non-hydrogen) atoms. The van der Waals surface area contributed by atoms with Crippen molar-refractivity contribution in [3.63, 3.8) is 0 Å². The molecular formula is C24H40O2S3. The van der Waals surface area contributed by atoms with E-state index in [1.165, 1.54) is 31.2 Å². The van der Waals surface area contributed by atoms with Crippen molar-refractivity contribution in [1.82, 2.24) is 0 Å². The fraction of sp³-hybridized carbons (Fsp3) is 0.750. The summed E-state index contributed by atoms with van der Waals surface area (Å²) in [5.74, 6) is 3.79. The van der Waals surface area contributed by atoms with E-state index in [-0.39, 0.29) is 0 Å². The average molecular weight is 457 g/mol. The Kier molecular flexibility index (Phi) is 11.7. The molecule has 1 aromatic rings. The lowest BCUT2D eigenvalue weighted by atomic mass is 10.0. The van der Waals surface area contributed by atoms with Crippen molar-refractivity contribution in [2.45, 2.75) is 86.6 Å². The Labute approximate surface area is 192 Å². The molecule has 2 fully saturated rings. The molecular weight excluding hydrogens is 416 g/mol. The molecule has 0 saturated carbocycles. The molecule has 2 saturated heterocycles. The summed E-state index contributed by atoms with van der Waals surface area (Å²) in [5.41, 5.74) is 1.88. The van der Waals surface area contributed by atoms with Gasteiger partial charge < -0.3 is 9.47 Å². The van der Waals surface area contributed by atoms with Gasteiger partial charge in [-0.3, -0.25) is 0 Å². The summed E-state index contributed by atoms with van der Waals surface area (Å²) < 4.78 is 11.5. The Morgan fingerprint density at radius 2 is 1.55 bits per heavy atom.